The van der Waals surface area contributed by atoms with Gasteiger partial charge in [-0.3, -0.25) is 0 Å². The summed E-state index contributed by atoms with van der Waals surface area (Å²) < 4.78 is 8.27. The van der Waals surface area contributed by atoms with Crippen LogP contribution in [0.25, 0.3) is 0 Å². The van der Waals surface area contributed by atoms with Gasteiger partial charge in [0.1, 0.15) is 5.94 Å². The van der Waals surface area contributed by atoms with Crippen molar-refractivity contribution in [1.29, 1.82) is 0 Å². The molecule has 0 heterocycles. The molecule has 0 atom stereocenters. The molecule has 7 heavy (non-hydrogen) atoms. The second-order valence-corrected chi connectivity index (χ2v) is 0.986. The highest BCUT2D eigenvalue weighted by Crippen LogP contribution is 1.81. The highest BCUT2D eigenvalue weighted by molar-refractivity contribution is 7.80. The van der Waals surface area contributed by atoms with Crippen molar-refractivity contribution in [2.24, 2.45) is 0 Å². The molecule has 0 aliphatic rings. The van der Waals surface area contributed by atoms with E-state index in [2.05, 4.69) is 22.1 Å². The Labute approximate surface area is 47.0 Å². The summed E-state index contributed by atoms with van der Waals surface area (Å²) >= 11 is 3.59. The first-order valence-corrected chi connectivity index (χ1v) is 2.26. The standard InChI is InChI=1S/C3H6O3S/c1-5-3(4)6-2-7/h7H,2H2,1H3. The number of rotatable bonds is 1. The van der Waals surface area contributed by atoms with Gasteiger partial charge >= 0.3 is 6.16 Å². The molecule has 0 saturated carbocycles. The van der Waals surface area contributed by atoms with Gasteiger partial charge in [-0.05, 0) is 0 Å². The number of thiol groups is 1. The van der Waals surface area contributed by atoms with Crippen LogP contribution < -0.4 is 0 Å². The molecular formula is C3H6O3S. The SMILES string of the molecule is COC(=O)OCS. The van der Waals surface area contributed by atoms with Gasteiger partial charge < -0.3 is 9.47 Å². The molecule has 0 fully saturated rings. The zero-order valence-corrected chi connectivity index (χ0v) is 4.77. The van der Waals surface area contributed by atoms with E-state index in [1.165, 1.54) is 7.11 Å². The maximum Gasteiger partial charge on any atom is 0.508 e. The maximum atomic E-state index is 9.92. The topological polar surface area (TPSA) is 35.5 Å². The summed E-state index contributed by atoms with van der Waals surface area (Å²) in [6.07, 6.45) is -0.699. The van der Waals surface area contributed by atoms with Crippen LogP contribution in [0.15, 0.2) is 0 Å². The van der Waals surface area contributed by atoms with Crippen LogP contribution in [0.5, 0.6) is 0 Å². The van der Waals surface area contributed by atoms with Crippen LogP contribution in [-0.2, 0) is 9.47 Å². The molecule has 0 spiro atoms. The molecule has 0 aliphatic carbocycles. The lowest BCUT2D eigenvalue weighted by molar-refractivity contribution is 0.0882. The maximum absolute atomic E-state index is 9.92. The van der Waals surface area contributed by atoms with Gasteiger partial charge in [0, 0.05) is 0 Å². The Kier molecular flexibility index (Phi) is 3.59. The molecule has 0 amide bonds. The lowest BCUT2D eigenvalue weighted by atomic mass is 11.3. The lowest BCUT2D eigenvalue weighted by Gasteiger charge is -1.94. The third kappa shape index (κ3) is 3.45. The van der Waals surface area contributed by atoms with E-state index < -0.39 is 6.16 Å². The van der Waals surface area contributed by atoms with Crippen molar-refractivity contribution in [3.05, 3.63) is 0 Å². The van der Waals surface area contributed by atoms with Crippen molar-refractivity contribution in [2.75, 3.05) is 13.0 Å². The average molecular weight is 122 g/mol. The monoisotopic (exact) mass is 122 g/mol. The fourth-order valence-electron chi connectivity index (χ4n) is 0.112. The summed E-state index contributed by atoms with van der Waals surface area (Å²) in [6.45, 7) is 0. The molecule has 0 aromatic rings. The normalized spacial score (nSPS) is 7.71. The molecule has 0 aliphatic heterocycles. The Balaban J connectivity index is 3.00. The predicted octanol–water partition coefficient (Wildman–Crippen LogP) is 0.657. The van der Waals surface area contributed by atoms with Gasteiger partial charge in [0.15, 0.2) is 0 Å². The number of ether oxygens (including phenoxy) is 2. The Morgan fingerprint density at radius 2 is 2.43 bits per heavy atom. The number of carbonyl (C=O) groups is 1. The Morgan fingerprint density at radius 3 is 2.57 bits per heavy atom. The van der Waals surface area contributed by atoms with Gasteiger partial charge in [-0.1, -0.05) is 0 Å². The summed E-state index contributed by atoms with van der Waals surface area (Å²) in [5, 5.41) is 0. The number of hydrogen-bond donors (Lipinski definition) is 1. The average Bonchev–Trinajstić information content (AvgIpc) is 1.68. The number of carbonyl (C=O) groups excluding carboxylic acids is 1. The second kappa shape index (κ2) is 3.80. The molecule has 0 N–H and O–H groups in total. The first-order chi connectivity index (χ1) is 3.31. The van der Waals surface area contributed by atoms with Gasteiger partial charge in [0.05, 0.1) is 7.11 Å². The molecule has 0 saturated heterocycles. The van der Waals surface area contributed by atoms with Crippen LogP contribution in [0.4, 0.5) is 4.79 Å². The fraction of sp³-hybridized carbons (Fsp3) is 0.667. The fourth-order valence-corrected chi connectivity index (χ4v) is 0.217. The summed E-state index contributed by atoms with van der Waals surface area (Å²) in [5.74, 6) is 0.0622. The van der Waals surface area contributed by atoms with Gasteiger partial charge in [-0.15, -0.1) is 12.6 Å². The van der Waals surface area contributed by atoms with E-state index in [9.17, 15) is 4.79 Å². The highest BCUT2D eigenvalue weighted by Gasteiger charge is 1.93. The van der Waals surface area contributed by atoms with E-state index in [4.69, 9.17) is 0 Å². The molecule has 0 aromatic carbocycles. The highest BCUT2D eigenvalue weighted by atomic mass is 32.1. The Morgan fingerprint density at radius 1 is 1.86 bits per heavy atom. The first-order valence-electron chi connectivity index (χ1n) is 1.63. The van der Waals surface area contributed by atoms with Crippen LogP contribution >= 0.6 is 12.6 Å². The largest absolute Gasteiger partial charge is 0.508 e. The minimum atomic E-state index is -0.699. The van der Waals surface area contributed by atoms with Crippen molar-refractivity contribution in [2.45, 2.75) is 0 Å². The summed E-state index contributed by atoms with van der Waals surface area (Å²) in [7, 11) is 1.24. The van der Waals surface area contributed by atoms with Crippen LogP contribution in [0.1, 0.15) is 0 Å². The zero-order chi connectivity index (χ0) is 5.70. The second-order valence-electron chi connectivity index (χ2n) is 0.728. The van der Waals surface area contributed by atoms with Gasteiger partial charge in [-0.2, -0.15) is 0 Å². The third-order valence-electron chi connectivity index (χ3n) is 0.349. The van der Waals surface area contributed by atoms with Gasteiger partial charge in [0.2, 0.25) is 0 Å². The van der Waals surface area contributed by atoms with Crippen molar-refractivity contribution in [3.8, 4) is 0 Å². The van der Waals surface area contributed by atoms with Crippen LogP contribution in [0, 0.1) is 0 Å². The molecule has 0 aromatic heterocycles. The Hall–Kier alpha value is -0.380. The van der Waals surface area contributed by atoms with Crippen molar-refractivity contribution < 1.29 is 14.3 Å². The quantitative estimate of drug-likeness (QED) is 0.315. The molecule has 0 unspecified atom stereocenters. The molecule has 3 nitrogen and oxygen atoms in total. The van der Waals surface area contributed by atoms with Crippen molar-refractivity contribution in [1.82, 2.24) is 0 Å². The van der Waals surface area contributed by atoms with Gasteiger partial charge in [0.25, 0.3) is 0 Å². The molecular weight excluding hydrogens is 116 g/mol. The summed E-state index contributed by atoms with van der Waals surface area (Å²) in [4.78, 5) is 9.92. The van der Waals surface area contributed by atoms with Crippen LogP contribution in [-0.4, -0.2) is 19.2 Å². The minimum absolute atomic E-state index is 0.0622. The van der Waals surface area contributed by atoms with E-state index in [1.807, 2.05) is 0 Å². The van der Waals surface area contributed by atoms with E-state index in [0.29, 0.717) is 0 Å². The van der Waals surface area contributed by atoms with E-state index in [0.717, 1.165) is 0 Å². The molecule has 0 bridgehead atoms. The van der Waals surface area contributed by atoms with Crippen molar-refractivity contribution >= 4 is 18.8 Å². The molecule has 0 radical (unpaired) electrons. The molecule has 42 valence electrons. The first kappa shape index (κ1) is 6.62. The van der Waals surface area contributed by atoms with Gasteiger partial charge in [-0.25, -0.2) is 4.79 Å². The van der Waals surface area contributed by atoms with E-state index in [-0.39, 0.29) is 5.94 Å². The smallest absolute Gasteiger partial charge is 0.438 e. The number of methoxy groups -OCH3 is 1. The lowest BCUT2D eigenvalue weighted by Crippen LogP contribution is -2.01. The zero-order valence-electron chi connectivity index (χ0n) is 3.88. The van der Waals surface area contributed by atoms with Crippen LogP contribution in [0.3, 0.4) is 0 Å². The molecule has 4 heteroatoms. The summed E-state index contributed by atoms with van der Waals surface area (Å²) in [6, 6.07) is 0. The van der Waals surface area contributed by atoms with E-state index in [1.54, 1.807) is 0 Å². The number of hydrogen-bond acceptors (Lipinski definition) is 4. The summed E-state index contributed by atoms with van der Waals surface area (Å²) in [5.41, 5.74) is 0. The van der Waals surface area contributed by atoms with Crippen LogP contribution in [0.2, 0.25) is 0 Å². The van der Waals surface area contributed by atoms with E-state index >= 15 is 0 Å². The predicted molar refractivity (Wildman–Crippen MR) is 27.3 cm³/mol. The third-order valence-corrected chi connectivity index (χ3v) is 0.478. The van der Waals surface area contributed by atoms with Crippen molar-refractivity contribution in [3.63, 3.8) is 0 Å². The minimum Gasteiger partial charge on any atom is -0.438 e. The molecule has 0 rings (SSSR count). The Bertz CT molecular complexity index is 63.2.